The lowest BCUT2D eigenvalue weighted by molar-refractivity contribution is -0.131. The van der Waals surface area contributed by atoms with Crippen LogP contribution in [0.4, 0.5) is 0 Å². The minimum absolute atomic E-state index is 0.342. The molecule has 2 aromatic carbocycles. The maximum atomic E-state index is 10.5. The van der Waals surface area contributed by atoms with Crippen LogP contribution in [0.15, 0.2) is 56.7 Å². The first-order chi connectivity index (χ1) is 9.97. The number of halogens is 3. The zero-order chi connectivity index (χ0) is 15.4. The Balaban J connectivity index is 2.30. The van der Waals surface area contributed by atoms with Crippen molar-refractivity contribution in [3.8, 4) is 0 Å². The Morgan fingerprint density at radius 1 is 1.19 bits per heavy atom. The van der Waals surface area contributed by atoms with Crippen LogP contribution in [0, 0.1) is 0 Å². The molecule has 0 radical (unpaired) electrons. The van der Waals surface area contributed by atoms with Crippen molar-refractivity contribution in [2.75, 3.05) is 0 Å². The summed E-state index contributed by atoms with van der Waals surface area (Å²) in [5.41, 5.74) is 0.572. The molecule has 0 aliphatic carbocycles. The van der Waals surface area contributed by atoms with Crippen molar-refractivity contribution in [3.05, 3.63) is 62.6 Å². The van der Waals surface area contributed by atoms with Crippen LogP contribution in [-0.4, -0.2) is 11.1 Å². The first kappa shape index (κ1) is 16.4. The van der Waals surface area contributed by atoms with Gasteiger partial charge in [-0.25, -0.2) is 4.79 Å². The average molecular weight is 404 g/mol. The van der Waals surface area contributed by atoms with Gasteiger partial charge in [0.15, 0.2) is 0 Å². The normalized spacial score (nSPS) is 11.0. The summed E-state index contributed by atoms with van der Waals surface area (Å²) >= 11 is 17.3. The van der Waals surface area contributed by atoms with Gasteiger partial charge in [0.05, 0.1) is 10.0 Å². The highest BCUT2D eigenvalue weighted by molar-refractivity contribution is 9.10. The van der Waals surface area contributed by atoms with Crippen molar-refractivity contribution < 1.29 is 9.90 Å². The highest BCUT2D eigenvalue weighted by Crippen LogP contribution is 2.39. The van der Waals surface area contributed by atoms with Crippen molar-refractivity contribution in [1.82, 2.24) is 0 Å². The Kier molecular flexibility index (Phi) is 5.76. The van der Waals surface area contributed by atoms with E-state index in [-0.39, 0.29) is 0 Å². The molecule has 0 aromatic heterocycles. The first-order valence-electron chi connectivity index (χ1n) is 5.80. The maximum absolute atomic E-state index is 10.5. The van der Waals surface area contributed by atoms with Crippen LogP contribution in [0.5, 0.6) is 0 Å². The molecule has 6 heteroatoms. The summed E-state index contributed by atoms with van der Waals surface area (Å²) in [6.45, 7) is 0. The molecule has 0 atom stereocenters. The van der Waals surface area contributed by atoms with Gasteiger partial charge in [0, 0.05) is 20.3 Å². The van der Waals surface area contributed by atoms with Crippen LogP contribution in [0.3, 0.4) is 0 Å². The fraction of sp³-hybridized carbons (Fsp3) is 0. The number of benzene rings is 2. The van der Waals surface area contributed by atoms with Gasteiger partial charge in [-0.2, -0.15) is 0 Å². The number of hydrogen-bond acceptors (Lipinski definition) is 2. The van der Waals surface area contributed by atoms with Gasteiger partial charge in [0.1, 0.15) is 0 Å². The molecule has 0 aliphatic heterocycles. The minimum Gasteiger partial charge on any atom is -0.478 e. The molecule has 2 nitrogen and oxygen atoms in total. The Labute approximate surface area is 144 Å². The summed E-state index contributed by atoms with van der Waals surface area (Å²) in [5.74, 6) is -1.03. The molecule has 0 saturated carbocycles. The highest BCUT2D eigenvalue weighted by Gasteiger charge is 2.10. The summed E-state index contributed by atoms with van der Waals surface area (Å²) in [6.07, 6.45) is 2.45. The zero-order valence-corrected chi connectivity index (χ0v) is 14.4. The SMILES string of the molecule is O=C(O)/C=C/c1ccc(Sc2cccc(Br)c2)c(Cl)c1Cl. The van der Waals surface area contributed by atoms with Crippen molar-refractivity contribution in [1.29, 1.82) is 0 Å². The quantitative estimate of drug-likeness (QED) is 0.635. The van der Waals surface area contributed by atoms with Crippen LogP contribution < -0.4 is 0 Å². The van der Waals surface area contributed by atoms with Gasteiger partial charge in [-0.05, 0) is 35.9 Å². The molecule has 1 N–H and O–H groups in total. The molecule has 0 aliphatic rings. The van der Waals surface area contributed by atoms with Gasteiger partial charge in [-0.1, -0.05) is 63.0 Å². The van der Waals surface area contributed by atoms with Gasteiger partial charge in [-0.15, -0.1) is 0 Å². The van der Waals surface area contributed by atoms with Crippen molar-refractivity contribution >= 4 is 62.9 Å². The van der Waals surface area contributed by atoms with Crippen LogP contribution in [-0.2, 0) is 4.79 Å². The second-order valence-electron chi connectivity index (χ2n) is 4.01. The Morgan fingerprint density at radius 2 is 1.95 bits per heavy atom. The number of carboxylic acid groups (broad SMARTS) is 1. The number of carbonyl (C=O) groups is 1. The molecule has 0 fully saturated rings. The Bertz CT molecular complexity index is 717. The predicted molar refractivity (Wildman–Crippen MR) is 91.4 cm³/mol. The molecular formula is C15H9BrCl2O2S. The third kappa shape index (κ3) is 4.51. The van der Waals surface area contributed by atoms with Crippen LogP contribution >= 0.6 is 50.9 Å². The van der Waals surface area contributed by atoms with Crippen molar-refractivity contribution in [2.24, 2.45) is 0 Å². The van der Waals surface area contributed by atoms with Crippen LogP contribution in [0.1, 0.15) is 5.56 Å². The second kappa shape index (κ2) is 7.36. The fourth-order valence-corrected chi connectivity index (χ4v) is 3.61. The summed E-state index contributed by atoms with van der Waals surface area (Å²) in [4.78, 5) is 12.4. The molecule has 0 saturated heterocycles. The van der Waals surface area contributed by atoms with E-state index >= 15 is 0 Å². The topological polar surface area (TPSA) is 37.3 Å². The second-order valence-corrected chi connectivity index (χ2v) is 6.80. The van der Waals surface area contributed by atoms with E-state index < -0.39 is 5.97 Å². The predicted octanol–water partition coefficient (Wildman–Crippen LogP) is 6.00. The average Bonchev–Trinajstić information content (AvgIpc) is 2.43. The summed E-state index contributed by atoms with van der Waals surface area (Å²) < 4.78 is 0.982. The van der Waals surface area contributed by atoms with E-state index in [1.807, 2.05) is 30.3 Å². The fourth-order valence-electron chi connectivity index (χ4n) is 1.57. The van der Waals surface area contributed by atoms with E-state index in [4.69, 9.17) is 28.3 Å². The third-order valence-electron chi connectivity index (χ3n) is 2.51. The number of carboxylic acids is 1. The summed E-state index contributed by atoms with van der Waals surface area (Å²) in [5, 5.41) is 9.39. The molecule has 2 aromatic rings. The molecule has 0 spiro atoms. The van der Waals surface area contributed by atoms with Crippen LogP contribution in [0.2, 0.25) is 10.0 Å². The molecular weight excluding hydrogens is 395 g/mol. The highest BCUT2D eigenvalue weighted by atomic mass is 79.9. The van der Waals surface area contributed by atoms with E-state index in [0.717, 1.165) is 20.3 Å². The van der Waals surface area contributed by atoms with Gasteiger partial charge < -0.3 is 5.11 Å². The minimum atomic E-state index is -1.03. The smallest absolute Gasteiger partial charge is 0.328 e. The molecule has 0 heterocycles. The number of aliphatic carboxylic acids is 1. The van der Waals surface area contributed by atoms with Crippen LogP contribution in [0.25, 0.3) is 6.08 Å². The maximum Gasteiger partial charge on any atom is 0.328 e. The van der Waals surface area contributed by atoms with Gasteiger partial charge in [0.2, 0.25) is 0 Å². The number of rotatable bonds is 4. The number of hydrogen-bond donors (Lipinski definition) is 1. The molecule has 0 bridgehead atoms. The Hall–Kier alpha value is -0.940. The van der Waals surface area contributed by atoms with E-state index in [2.05, 4.69) is 15.9 Å². The first-order valence-corrected chi connectivity index (χ1v) is 8.16. The molecule has 0 amide bonds. The van der Waals surface area contributed by atoms with E-state index in [9.17, 15) is 4.79 Å². The van der Waals surface area contributed by atoms with Gasteiger partial charge in [0.25, 0.3) is 0 Å². The van der Waals surface area contributed by atoms with Gasteiger partial charge >= 0.3 is 5.97 Å². The molecule has 2 rings (SSSR count). The Morgan fingerprint density at radius 3 is 2.62 bits per heavy atom. The lowest BCUT2D eigenvalue weighted by atomic mass is 10.2. The molecule has 21 heavy (non-hydrogen) atoms. The lowest BCUT2D eigenvalue weighted by Crippen LogP contribution is -1.87. The van der Waals surface area contributed by atoms with E-state index in [1.165, 1.54) is 17.8 Å². The molecule has 108 valence electrons. The van der Waals surface area contributed by atoms with Crippen molar-refractivity contribution in [3.63, 3.8) is 0 Å². The van der Waals surface area contributed by atoms with Crippen molar-refractivity contribution in [2.45, 2.75) is 9.79 Å². The third-order valence-corrected chi connectivity index (χ3v) is 5.06. The van der Waals surface area contributed by atoms with E-state index in [1.54, 1.807) is 6.07 Å². The van der Waals surface area contributed by atoms with Gasteiger partial charge in [-0.3, -0.25) is 0 Å². The van der Waals surface area contributed by atoms with E-state index in [0.29, 0.717) is 15.6 Å². The summed E-state index contributed by atoms with van der Waals surface area (Å²) in [7, 11) is 0. The largest absolute Gasteiger partial charge is 0.478 e. The monoisotopic (exact) mass is 402 g/mol. The standard InChI is InChI=1S/C15H9BrCl2O2S/c16-10-2-1-3-11(8-10)21-12-6-4-9(5-7-13(19)20)14(17)15(12)18/h1-8H,(H,19,20)/b7-5+. The summed E-state index contributed by atoms with van der Waals surface area (Å²) in [6, 6.07) is 11.4. The lowest BCUT2D eigenvalue weighted by Gasteiger charge is -2.08. The zero-order valence-electron chi connectivity index (χ0n) is 10.5. The molecule has 0 unspecified atom stereocenters.